The summed E-state index contributed by atoms with van der Waals surface area (Å²) in [5.74, 6) is 0.740. The number of aliphatic hydroxyl groups excluding tert-OH is 1. The molecule has 1 aromatic heterocycles. The third-order valence-electron chi connectivity index (χ3n) is 2.63. The number of hydrogen-bond acceptors (Lipinski definition) is 4. The highest BCUT2D eigenvalue weighted by Gasteiger charge is 2.23. The van der Waals surface area contributed by atoms with E-state index in [1.807, 2.05) is 37.9 Å². The van der Waals surface area contributed by atoms with Crippen LogP contribution in [0.4, 0.5) is 5.82 Å². The van der Waals surface area contributed by atoms with E-state index in [1.54, 1.807) is 6.07 Å². The Morgan fingerprint density at radius 3 is 2.69 bits per heavy atom. The van der Waals surface area contributed by atoms with Crippen LogP contribution in [0.1, 0.15) is 19.5 Å². The number of hydrogen-bond donors (Lipinski definition) is 2. The maximum atomic E-state index is 9.28. The van der Waals surface area contributed by atoms with Gasteiger partial charge in [0.05, 0.1) is 17.8 Å². The van der Waals surface area contributed by atoms with Gasteiger partial charge in [-0.2, -0.15) is 0 Å². The fraction of sp³-hybridized carbons (Fsp3) is 0.455. The van der Waals surface area contributed by atoms with Crippen molar-refractivity contribution in [2.45, 2.75) is 19.4 Å². The molecule has 1 heterocycles. The Kier molecular flexibility index (Phi) is 3.83. The summed E-state index contributed by atoms with van der Waals surface area (Å²) < 4.78 is 0. The summed E-state index contributed by atoms with van der Waals surface area (Å²) in [4.78, 5) is 6.51. The molecule has 0 unspecified atom stereocenters. The van der Waals surface area contributed by atoms with Crippen LogP contribution in [0.3, 0.4) is 0 Å². The molecule has 0 atom stereocenters. The van der Waals surface area contributed by atoms with Crippen LogP contribution in [-0.2, 0) is 0 Å². The molecule has 1 aromatic rings. The molecule has 0 fully saturated rings. The van der Waals surface area contributed by atoms with Crippen LogP contribution in [-0.4, -0.2) is 34.3 Å². The molecule has 88 valence electrons. The lowest BCUT2D eigenvalue weighted by Crippen LogP contribution is -2.45. The van der Waals surface area contributed by atoms with Gasteiger partial charge < -0.3 is 15.7 Å². The summed E-state index contributed by atoms with van der Waals surface area (Å²) in [5, 5.41) is 9.28. The van der Waals surface area contributed by atoms with Crippen molar-refractivity contribution in [3.63, 3.8) is 0 Å². The Morgan fingerprint density at radius 1 is 1.56 bits per heavy atom. The number of aliphatic hydroxyl groups is 1. The predicted octanol–water partition coefficient (Wildman–Crippen LogP) is 0.923. The second-order valence-electron chi connectivity index (χ2n) is 4.27. The number of aromatic nitrogens is 1. The average Bonchev–Trinajstić information content (AvgIpc) is 2.28. The zero-order valence-electron chi connectivity index (χ0n) is 9.77. The minimum Gasteiger partial charge on any atom is -0.394 e. The Labute approximate surface area is 101 Å². The molecule has 16 heavy (non-hydrogen) atoms. The fourth-order valence-electron chi connectivity index (χ4n) is 1.16. The summed E-state index contributed by atoms with van der Waals surface area (Å²) in [7, 11) is 1.88. The van der Waals surface area contributed by atoms with E-state index in [1.165, 1.54) is 0 Å². The van der Waals surface area contributed by atoms with E-state index in [-0.39, 0.29) is 17.1 Å². The van der Waals surface area contributed by atoms with Gasteiger partial charge in [-0.3, -0.25) is 0 Å². The monoisotopic (exact) mass is 239 g/mol. The lowest BCUT2D eigenvalue weighted by atomic mass is 10.1. The van der Waals surface area contributed by atoms with Crippen molar-refractivity contribution in [2.75, 3.05) is 18.6 Å². The van der Waals surface area contributed by atoms with Crippen molar-refractivity contribution in [1.82, 2.24) is 4.98 Å². The molecule has 0 saturated carbocycles. The average molecular weight is 239 g/mol. The van der Waals surface area contributed by atoms with Crippen molar-refractivity contribution in [2.24, 2.45) is 5.73 Å². The Bertz CT molecular complexity index is 393. The molecule has 0 aliphatic heterocycles. The molecule has 0 radical (unpaired) electrons. The minimum atomic E-state index is -0.373. The predicted molar refractivity (Wildman–Crippen MR) is 69.7 cm³/mol. The first-order chi connectivity index (χ1) is 7.38. The zero-order valence-corrected chi connectivity index (χ0v) is 10.6. The highest BCUT2D eigenvalue weighted by Crippen LogP contribution is 2.19. The van der Waals surface area contributed by atoms with E-state index in [4.69, 9.17) is 18.0 Å². The zero-order chi connectivity index (χ0) is 12.3. The molecule has 0 aliphatic carbocycles. The quantitative estimate of drug-likeness (QED) is 0.765. The van der Waals surface area contributed by atoms with Gasteiger partial charge in [0, 0.05) is 7.05 Å². The number of rotatable bonds is 4. The number of nitrogens with two attached hydrogens (primary N) is 1. The van der Waals surface area contributed by atoms with Crippen LogP contribution in [0.25, 0.3) is 0 Å². The summed E-state index contributed by atoms with van der Waals surface area (Å²) in [6, 6.07) is 5.48. The fourth-order valence-corrected chi connectivity index (χ4v) is 1.28. The lowest BCUT2D eigenvalue weighted by Gasteiger charge is -2.35. The summed E-state index contributed by atoms with van der Waals surface area (Å²) in [6.07, 6.45) is 0. The lowest BCUT2D eigenvalue weighted by molar-refractivity contribution is 0.215. The van der Waals surface area contributed by atoms with Gasteiger partial charge in [0.2, 0.25) is 0 Å². The van der Waals surface area contributed by atoms with Gasteiger partial charge in [-0.15, -0.1) is 0 Å². The molecule has 0 spiro atoms. The van der Waals surface area contributed by atoms with E-state index in [9.17, 15) is 5.11 Å². The molecule has 3 N–H and O–H groups in total. The highest BCUT2D eigenvalue weighted by atomic mass is 32.1. The topological polar surface area (TPSA) is 62.4 Å². The van der Waals surface area contributed by atoms with E-state index < -0.39 is 0 Å². The first-order valence-corrected chi connectivity index (χ1v) is 5.41. The molecule has 1 rings (SSSR count). The Morgan fingerprint density at radius 2 is 2.19 bits per heavy atom. The molecular formula is C11H17N3OS. The third-order valence-corrected chi connectivity index (χ3v) is 2.83. The SMILES string of the molecule is CN(c1cccc(C(N)=S)n1)C(C)(C)CO. The van der Waals surface area contributed by atoms with Gasteiger partial charge in [-0.05, 0) is 26.0 Å². The summed E-state index contributed by atoms with van der Waals surface area (Å²) in [5.41, 5.74) is 5.74. The maximum absolute atomic E-state index is 9.28. The standard InChI is InChI=1S/C11H17N3OS/c1-11(2,7-15)14(3)9-6-4-5-8(13-9)10(12)16/h4-6,15H,7H2,1-3H3,(H2,12,16). The number of pyridine rings is 1. The molecular weight excluding hydrogens is 222 g/mol. The van der Waals surface area contributed by atoms with Crippen LogP contribution in [0.15, 0.2) is 18.2 Å². The number of thiocarbonyl (C=S) groups is 1. The van der Waals surface area contributed by atoms with E-state index in [2.05, 4.69) is 4.98 Å². The van der Waals surface area contributed by atoms with Crippen molar-refractivity contribution in [1.29, 1.82) is 0 Å². The number of likely N-dealkylation sites (N-methyl/N-ethyl adjacent to an activating group) is 1. The minimum absolute atomic E-state index is 0.0441. The van der Waals surface area contributed by atoms with E-state index in [0.717, 1.165) is 5.82 Å². The smallest absolute Gasteiger partial charge is 0.129 e. The van der Waals surface area contributed by atoms with Crippen molar-refractivity contribution >= 4 is 23.0 Å². The van der Waals surface area contributed by atoms with Gasteiger partial charge in [0.1, 0.15) is 10.8 Å². The molecule has 0 saturated heterocycles. The third kappa shape index (κ3) is 2.68. The van der Waals surface area contributed by atoms with E-state index >= 15 is 0 Å². The van der Waals surface area contributed by atoms with Crippen LogP contribution in [0.2, 0.25) is 0 Å². The van der Waals surface area contributed by atoms with Crippen molar-refractivity contribution < 1.29 is 5.11 Å². The van der Waals surface area contributed by atoms with Crippen LogP contribution < -0.4 is 10.6 Å². The molecule has 0 aromatic carbocycles. The second-order valence-corrected chi connectivity index (χ2v) is 4.71. The number of anilines is 1. The van der Waals surface area contributed by atoms with Gasteiger partial charge in [-0.1, -0.05) is 18.3 Å². The molecule has 5 heteroatoms. The normalized spacial score (nSPS) is 11.2. The van der Waals surface area contributed by atoms with Gasteiger partial charge >= 0.3 is 0 Å². The maximum Gasteiger partial charge on any atom is 0.129 e. The summed E-state index contributed by atoms with van der Waals surface area (Å²) >= 11 is 4.88. The number of nitrogens with zero attached hydrogens (tertiary/aromatic N) is 2. The first kappa shape index (κ1) is 12.9. The van der Waals surface area contributed by atoms with Gasteiger partial charge in [0.25, 0.3) is 0 Å². The highest BCUT2D eigenvalue weighted by molar-refractivity contribution is 7.80. The Balaban J connectivity index is 3.05. The molecule has 0 bridgehead atoms. The molecule has 0 aliphatic rings. The second kappa shape index (κ2) is 4.76. The summed E-state index contributed by atoms with van der Waals surface area (Å²) in [6.45, 7) is 3.91. The van der Waals surface area contributed by atoms with Crippen LogP contribution in [0, 0.1) is 0 Å². The molecule has 4 nitrogen and oxygen atoms in total. The van der Waals surface area contributed by atoms with Gasteiger partial charge in [-0.25, -0.2) is 4.98 Å². The van der Waals surface area contributed by atoms with E-state index in [0.29, 0.717) is 5.69 Å². The van der Waals surface area contributed by atoms with Crippen LogP contribution in [0.5, 0.6) is 0 Å². The Hall–Kier alpha value is -1.20. The first-order valence-electron chi connectivity index (χ1n) is 5.00. The van der Waals surface area contributed by atoms with Crippen molar-refractivity contribution in [3.05, 3.63) is 23.9 Å². The van der Waals surface area contributed by atoms with Crippen LogP contribution >= 0.6 is 12.2 Å². The largest absolute Gasteiger partial charge is 0.394 e. The van der Waals surface area contributed by atoms with Crippen molar-refractivity contribution in [3.8, 4) is 0 Å². The van der Waals surface area contributed by atoms with Gasteiger partial charge in [0.15, 0.2) is 0 Å². The molecule has 0 amide bonds.